The molecule has 1 rings (SSSR count). The molecule has 92 valence electrons. The molecule has 0 aromatic heterocycles. The number of rotatable bonds is 3. The van der Waals surface area contributed by atoms with Crippen LogP contribution in [-0.2, 0) is 9.53 Å². The molecule has 1 fully saturated rings. The Bertz CT molecular complexity index is 228. The van der Waals surface area contributed by atoms with Crippen molar-refractivity contribution in [2.24, 2.45) is 0 Å². The van der Waals surface area contributed by atoms with Gasteiger partial charge in [0, 0.05) is 19.7 Å². The number of carbonyl (C=O) groups excluding carboxylic acids is 1. The van der Waals surface area contributed by atoms with E-state index < -0.39 is 0 Å². The zero-order valence-corrected chi connectivity index (χ0v) is 10.3. The van der Waals surface area contributed by atoms with Gasteiger partial charge < -0.3 is 9.64 Å². The van der Waals surface area contributed by atoms with Gasteiger partial charge in [-0.2, -0.15) is 0 Å². The lowest BCUT2D eigenvalue weighted by atomic mass is 10.1. The number of carbonyl (C=O) groups is 1. The zero-order valence-electron chi connectivity index (χ0n) is 10.3. The third kappa shape index (κ3) is 3.97. The molecule has 1 aliphatic rings. The van der Waals surface area contributed by atoms with Gasteiger partial charge in [0.2, 0.25) is 5.91 Å². The van der Waals surface area contributed by atoms with Gasteiger partial charge in [0.05, 0.1) is 0 Å². The normalized spacial score (nSPS) is 23.1. The van der Waals surface area contributed by atoms with Gasteiger partial charge in [-0.15, -0.1) is 6.58 Å². The predicted molar refractivity (Wildman–Crippen MR) is 65.3 cm³/mol. The van der Waals surface area contributed by atoms with Crippen LogP contribution in [0.5, 0.6) is 0 Å². The Hall–Kier alpha value is -0.830. The lowest BCUT2D eigenvalue weighted by molar-refractivity contribution is -0.136. The molecule has 3 heteroatoms. The molecule has 1 atom stereocenters. The summed E-state index contributed by atoms with van der Waals surface area (Å²) < 4.78 is 4.93. The van der Waals surface area contributed by atoms with Crippen molar-refractivity contribution in [3.05, 3.63) is 12.7 Å². The molecular formula is C13H23NO2. The number of methoxy groups -OCH3 is 1. The lowest BCUT2D eigenvalue weighted by Gasteiger charge is -2.29. The average molecular weight is 225 g/mol. The van der Waals surface area contributed by atoms with E-state index >= 15 is 0 Å². The highest BCUT2D eigenvalue weighted by atomic mass is 16.5. The van der Waals surface area contributed by atoms with E-state index in [1.165, 1.54) is 25.7 Å². The molecule has 0 N–H and O–H groups in total. The van der Waals surface area contributed by atoms with Gasteiger partial charge in [-0.3, -0.25) is 4.79 Å². The lowest BCUT2D eigenvalue weighted by Crippen LogP contribution is -2.41. The van der Waals surface area contributed by atoms with E-state index in [1.54, 1.807) is 7.11 Å². The van der Waals surface area contributed by atoms with Crippen LogP contribution in [0, 0.1) is 0 Å². The van der Waals surface area contributed by atoms with Crippen molar-refractivity contribution in [2.45, 2.75) is 44.6 Å². The van der Waals surface area contributed by atoms with E-state index in [2.05, 4.69) is 6.58 Å². The maximum atomic E-state index is 11.9. The highest BCUT2D eigenvalue weighted by Crippen LogP contribution is 2.17. The van der Waals surface area contributed by atoms with Crippen molar-refractivity contribution >= 4 is 5.91 Å². The SMILES string of the molecule is C=CC1CCCCCCCN1C(=O)COC. The van der Waals surface area contributed by atoms with Crippen LogP contribution in [0.4, 0.5) is 0 Å². The highest BCUT2D eigenvalue weighted by molar-refractivity contribution is 5.78. The van der Waals surface area contributed by atoms with Crippen LogP contribution in [-0.4, -0.2) is 37.1 Å². The number of hydrogen-bond acceptors (Lipinski definition) is 2. The fourth-order valence-corrected chi connectivity index (χ4v) is 2.25. The van der Waals surface area contributed by atoms with Crippen molar-refractivity contribution in [1.29, 1.82) is 0 Å². The minimum atomic E-state index is 0.0919. The van der Waals surface area contributed by atoms with Crippen LogP contribution >= 0.6 is 0 Å². The van der Waals surface area contributed by atoms with Crippen LogP contribution in [0.3, 0.4) is 0 Å². The summed E-state index contributed by atoms with van der Waals surface area (Å²) in [6.07, 6.45) is 9.01. The number of amides is 1. The van der Waals surface area contributed by atoms with E-state index in [1.807, 2.05) is 11.0 Å². The quantitative estimate of drug-likeness (QED) is 0.690. The predicted octanol–water partition coefficient (Wildman–Crippen LogP) is 2.37. The average Bonchev–Trinajstić information content (AvgIpc) is 2.40. The summed E-state index contributed by atoms with van der Waals surface area (Å²) >= 11 is 0. The first kappa shape index (κ1) is 13.2. The maximum Gasteiger partial charge on any atom is 0.249 e. The van der Waals surface area contributed by atoms with E-state index in [0.717, 1.165) is 19.4 Å². The smallest absolute Gasteiger partial charge is 0.249 e. The number of nitrogens with zero attached hydrogens (tertiary/aromatic N) is 1. The molecule has 0 aliphatic carbocycles. The monoisotopic (exact) mass is 225 g/mol. The second kappa shape index (κ2) is 7.44. The van der Waals surface area contributed by atoms with E-state index in [-0.39, 0.29) is 18.6 Å². The van der Waals surface area contributed by atoms with Gasteiger partial charge in [0.1, 0.15) is 6.61 Å². The Labute approximate surface area is 98.5 Å². The molecule has 0 aromatic rings. The summed E-state index contributed by atoms with van der Waals surface area (Å²) in [4.78, 5) is 13.8. The first-order valence-corrected chi connectivity index (χ1v) is 6.20. The van der Waals surface area contributed by atoms with Crippen LogP contribution < -0.4 is 0 Å². The van der Waals surface area contributed by atoms with Gasteiger partial charge >= 0.3 is 0 Å². The van der Waals surface area contributed by atoms with Crippen molar-refractivity contribution in [2.75, 3.05) is 20.3 Å². The van der Waals surface area contributed by atoms with Crippen LogP contribution in [0.1, 0.15) is 38.5 Å². The Morgan fingerprint density at radius 1 is 1.38 bits per heavy atom. The molecule has 1 aliphatic heterocycles. The minimum Gasteiger partial charge on any atom is -0.375 e. The molecule has 1 amide bonds. The molecule has 0 aromatic carbocycles. The molecule has 1 heterocycles. The third-order valence-electron chi connectivity index (χ3n) is 3.16. The second-order valence-electron chi connectivity index (χ2n) is 4.38. The van der Waals surface area contributed by atoms with Gasteiger partial charge in [-0.1, -0.05) is 31.8 Å². The largest absolute Gasteiger partial charge is 0.375 e. The fourth-order valence-electron chi connectivity index (χ4n) is 2.25. The molecule has 0 saturated carbocycles. The van der Waals surface area contributed by atoms with E-state index in [4.69, 9.17) is 4.74 Å². The van der Waals surface area contributed by atoms with Crippen molar-refractivity contribution in [1.82, 2.24) is 4.90 Å². The molecule has 1 unspecified atom stereocenters. The summed E-state index contributed by atoms with van der Waals surface area (Å²) in [5.74, 6) is 0.0919. The molecule has 0 bridgehead atoms. The molecule has 3 nitrogen and oxygen atoms in total. The van der Waals surface area contributed by atoms with Gasteiger partial charge in [-0.05, 0) is 12.8 Å². The summed E-state index contributed by atoms with van der Waals surface area (Å²) in [5.41, 5.74) is 0. The Kier molecular flexibility index (Phi) is 6.16. The van der Waals surface area contributed by atoms with Gasteiger partial charge in [0.25, 0.3) is 0 Å². The summed E-state index contributed by atoms with van der Waals surface area (Å²) in [5, 5.41) is 0. The van der Waals surface area contributed by atoms with Crippen molar-refractivity contribution in [3.63, 3.8) is 0 Å². The van der Waals surface area contributed by atoms with Gasteiger partial charge in [0.15, 0.2) is 0 Å². The first-order chi connectivity index (χ1) is 7.79. The van der Waals surface area contributed by atoms with Crippen molar-refractivity contribution < 1.29 is 9.53 Å². The van der Waals surface area contributed by atoms with Crippen LogP contribution in [0.15, 0.2) is 12.7 Å². The molecule has 0 radical (unpaired) electrons. The van der Waals surface area contributed by atoms with E-state index in [9.17, 15) is 4.79 Å². The molecule has 1 saturated heterocycles. The Balaban J connectivity index is 2.63. The summed E-state index contributed by atoms with van der Waals surface area (Å²) in [7, 11) is 1.57. The number of ether oxygens (including phenoxy) is 1. The van der Waals surface area contributed by atoms with Crippen LogP contribution in [0.2, 0.25) is 0 Å². The Morgan fingerprint density at radius 3 is 2.75 bits per heavy atom. The molecule has 0 spiro atoms. The zero-order chi connectivity index (χ0) is 11.8. The maximum absolute atomic E-state index is 11.9. The van der Waals surface area contributed by atoms with Crippen molar-refractivity contribution in [3.8, 4) is 0 Å². The number of hydrogen-bond donors (Lipinski definition) is 0. The topological polar surface area (TPSA) is 29.5 Å². The first-order valence-electron chi connectivity index (χ1n) is 6.20. The minimum absolute atomic E-state index is 0.0919. The fraction of sp³-hybridized carbons (Fsp3) is 0.769. The second-order valence-corrected chi connectivity index (χ2v) is 4.38. The molecule has 16 heavy (non-hydrogen) atoms. The standard InChI is InChI=1S/C13H23NO2/c1-3-12-9-7-5-4-6-8-10-14(12)13(15)11-16-2/h3,12H,1,4-11H2,2H3. The molecular weight excluding hydrogens is 202 g/mol. The summed E-state index contributed by atoms with van der Waals surface area (Å²) in [6.45, 7) is 4.88. The van der Waals surface area contributed by atoms with Gasteiger partial charge in [-0.25, -0.2) is 0 Å². The summed E-state index contributed by atoms with van der Waals surface area (Å²) in [6, 6.07) is 0.195. The third-order valence-corrected chi connectivity index (χ3v) is 3.16. The van der Waals surface area contributed by atoms with Crippen LogP contribution in [0.25, 0.3) is 0 Å². The Morgan fingerprint density at radius 2 is 2.06 bits per heavy atom. The highest BCUT2D eigenvalue weighted by Gasteiger charge is 2.21. The van der Waals surface area contributed by atoms with E-state index in [0.29, 0.717) is 0 Å².